The summed E-state index contributed by atoms with van der Waals surface area (Å²) >= 11 is 0. The number of aliphatic hydroxyl groups is 2. The molecule has 0 rings (SSSR count). The van der Waals surface area contributed by atoms with Gasteiger partial charge in [0.25, 0.3) is 0 Å². The molecule has 0 bridgehead atoms. The molecule has 0 fully saturated rings. The van der Waals surface area contributed by atoms with Gasteiger partial charge in [-0.05, 0) is 18.4 Å². The zero-order chi connectivity index (χ0) is 9.61. The standard InChI is InChI=1S/C9H21NO2/c1-9(2,3)4-5-10-8(6-11)7-12/h8,10-12H,4-7H2,1-3H3. The van der Waals surface area contributed by atoms with Crippen molar-refractivity contribution < 1.29 is 10.2 Å². The average Bonchev–Trinajstić information content (AvgIpc) is 1.96. The minimum atomic E-state index is -0.160. The molecule has 3 N–H and O–H groups in total. The van der Waals surface area contributed by atoms with Crippen molar-refractivity contribution in [2.24, 2.45) is 5.41 Å². The molecule has 0 saturated carbocycles. The fraction of sp³-hybridized carbons (Fsp3) is 1.00. The molecular weight excluding hydrogens is 154 g/mol. The highest BCUT2D eigenvalue weighted by atomic mass is 16.3. The SMILES string of the molecule is CC(C)(C)CCNC(CO)CO. The Kier molecular flexibility index (Phi) is 5.46. The fourth-order valence-corrected chi connectivity index (χ4v) is 0.838. The molecule has 0 aromatic heterocycles. The Bertz CT molecular complexity index is 106. The second kappa shape index (κ2) is 5.51. The summed E-state index contributed by atoms with van der Waals surface area (Å²) in [4.78, 5) is 0. The Morgan fingerprint density at radius 2 is 1.67 bits per heavy atom. The zero-order valence-electron chi connectivity index (χ0n) is 8.30. The third kappa shape index (κ3) is 6.58. The second-order valence-electron chi connectivity index (χ2n) is 4.33. The average molecular weight is 175 g/mol. The van der Waals surface area contributed by atoms with Crippen LogP contribution in [0.25, 0.3) is 0 Å². The molecule has 0 aromatic carbocycles. The predicted octanol–water partition coefficient (Wildman–Crippen LogP) is 0.365. The van der Waals surface area contributed by atoms with E-state index < -0.39 is 0 Å². The summed E-state index contributed by atoms with van der Waals surface area (Å²) in [5.41, 5.74) is 0.308. The molecule has 0 aliphatic rings. The first-order valence-electron chi connectivity index (χ1n) is 4.44. The van der Waals surface area contributed by atoms with E-state index in [0.29, 0.717) is 5.41 Å². The molecule has 12 heavy (non-hydrogen) atoms. The van der Waals surface area contributed by atoms with Gasteiger partial charge in [0, 0.05) is 0 Å². The van der Waals surface area contributed by atoms with E-state index in [9.17, 15) is 0 Å². The van der Waals surface area contributed by atoms with E-state index in [1.807, 2.05) is 0 Å². The minimum Gasteiger partial charge on any atom is -0.395 e. The molecule has 0 aliphatic carbocycles. The maximum Gasteiger partial charge on any atom is 0.0607 e. The number of aliphatic hydroxyl groups excluding tert-OH is 2. The molecule has 74 valence electrons. The molecule has 3 nitrogen and oxygen atoms in total. The number of hydrogen-bond donors (Lipinski definition) is 3. The van der Waals surface area contributed by atoms with Crippen LogP contribution in [0.2, 0.25) is 0 Å². The quantitative estimate of drug-likeness (QED) is 0.565. The van der Waals surface area contributed by atoms with E-state index in [-0.39, 0.29) is 19.3 Å². The summed E-state index contributed by atoms with van der Waals surface area (Å²) in [5.74, 6) is 0. The van der Waals surface area contributed by atoms with Crippen LogP contribution in [0, 0.1) is 5.41 Å². The normalized spacial score (nSPS) is 12.5. The van der Waals surface area contributed by atoms with Gasteiger partial charge < -0.3 is 15.5 Å². The van der Waals surface area contributed by atoms with Crippen LogP contribution in [0.15, 0.2) is 0 Å². The molecule has 0 radical (unpaired) electrons. The van der Waals surface area contributed by atoms with E-state index in [1.165, 1.54) is 0 Å². The first-order valence-corrected chi connectivity index (χ1v) is 4.44. The molecule has 0 saturated heterocycles. The van der Waals surface area contributed by atoms with Crippen molar-refractivity contribution in [3.63, 3.8) is 0 Å². The molecule has 0 aliphatic heterocycles. The first kappa shape index (κ1) is 11.9. The molecule has 0 atom stereocenters. The Balaban J connectivity index is 3.41. The van der Waals surface area contributed by atoms with Gasteiger partial charge in [-0.2, -0.15) is 0 Å². The van der Waals surface area contributed by atoms with Crippen molar-refractivity contribution in [1.29, 1.82) is 0 Å². The third-order valence-corrected chi connectivity index (χ3v) is 1.75. The van der Waals surface area contributed by atoms with Gasteiger partial charge >= 0.3 is 0 Å². The van der Waals surface area contributed by atoms with E-state index in [4.69, 9.17) is 10.2 Å². The number of hydrogen-bond acceptors (Lipinski definition) is 3. The summed E-state index contributed by atoms with van der Waals surface area (Å²) in [6, 6.07) is -0.160. The van der Waals surface area contributed by atoms with Gasteiger partial charge in [-0.25, -0.2) is 0 Å². The van der Waals surface area contributed by atoms with Crippen molar-refractivity contribution in [3.8, 4) is 0 Å². The number of nitrogens with one attached hydrogen (secondary N) is 1. The van der Waals surface area contributed by atoms with Crippen LogP contribution in [0.1, 0.15) is 27.2 Å². The summed E-state index contributed by atoms with van der Waals surface area (Å²) in [6.45, 7) is 7.35. The summed E-state index contributed by atoms with van der Waals surface area (Å²) < 4.78 is 0. The minimum absolute atomic E-state index is 0.000638. The van der Waals surface area contributed by atoms with Gasteiger partial charge in [0.1, 0.15) is 0 Å². The summed E-state index contributed by atoms with van der Waals surface area (Å²) in [6.07, 6.45) is 1.05. The lowest BCUT2D eigenvalue weighted by Gasteiger charge is -2.20. The van der Waals surface area contributed by atoms with Crippen LogP contribution in [-0.2, 0) is 0 Å². The van der Waals surface area contributed by atoms with Crippen LogP contribution in [0.3, 0.4) is 0 Å². The highest BCUT2D eigenvalue weighted by Gasteiger charge is 2.10. The van der Waals surface area contributed by atoms with E-state index in [1.54, 1.807) is 0 Å². The van der Waals surface area contributed by atoms with Gasteiger partial charge in [0.05, 0.1) is 19.3 Å². The Hall–Kier alpha value is -0.120. The van der Waals surface area contributed by atoms with E-state index in [0.717, 1.165) is 13.0 Å². The lowest BCUT2D eigenvalue weighted by atomic mass is 9.92. The van der Waals surface area contributed by atoms with Crippen molar-refractivity contribution >= 4 is 0 Å². The molecule has 0 amide bonds. The first-order chi connectivity index (χ1) is 5.49. The lowest BCUT2D eigenvalue weighted by Crippen LogP contribution is -2.37. The molecular formula is C9H21NO2. The van der Waals surface area contributed by atoms with Crippen LogP contribution < -0.4 is 5.32 Å². The fourth-order valence-electron chi connectivity index (χ4n) is 0.838. The van der Waals surface area contributed by atoms with Crippen molar-refractivity contribution in [3.05, 3.63) is 0 Å². The van der Waals surface area contributed by atoms with Gasteiger partial charge in [0.15, 0.2) is 0 Å². The summed E-state index contributed by atoms with van der Waals surface area (Å²) in [5, 5.41) is 20.5. The second-order valence-corrected chi connectivity index (χ2v) is 4.33. The monoisotopic (exact) mass is 175 g/mol. The van der Waals surface area contributed by atoms with Crippen molar-refractivity contribution in [1.82, 2.24) is 5.32 Å². The predicted molar refractivity (Wildman–Crippen MR) is 50.0 cm³/mol. The highest BCUT2D eigenvalue weighted by molar-refractivity contribution is 4.67. The lowest BCUT2D eigenvalue weighted by molar-refractivity contribution is 0.167. The molecule has 0 aromatic rings. The molecule has 0 spiro atoms. The molecule has 3 heteroatoms. The maximum absolute atomic E-state index is 8.73. The van der Waals surface area contributed by atoms with Gasteiger partial charge in [0.2, 0.25) is 0 Å². The van der Waals surface area contributed by atoms with Gasteiger partial charge in [-0.15, -0.1) is 0 Å². The molecule has 0 unspecified atom stereocenters. The highest BCUT2D eigenvalue weighted by Crippen LogP contribution is 2.16. The van der Waals surface area contributed by atoms with Gasteiger partial charge in [-0.3, -0.25) is 0 Å². The largest absolute Gasteiger partial charge is 0.395 e. The van der Waals surface area contributed by atoms with E-state index in [2.05, 4.69) is 26.1 Å². The van der Waals surface area contributed by atoms with Crippen LogP contribution in [0.4, 0.5) is 0 Å². The van der Waals surface area contributed by atoms with Gasteiger partial charge in [-0.1, -0.05) is 20.8 Å². The van der Waals surface area contributed by atoms with Crippen LogP contribution in [0.5, 0.6) is 0 Å². The van der Waals surface area contributed by atoms with Crippen LogP contribution in [-0.4, -0.2) is 36.0 Å². The summed E-state index contributed by atoms with van der Waals surface area (Å²) in [7, 11) is 0. The van der Waals surface area contributed by atoms with E-state index >= 15 is 0 Å². The molecule has 0 heterocycles. The Morgan fingerprint density at radius 3 is 2.00 bits per heavy atom. The topological polar surface area (TPSA) is 52.5 Å². The third-order valence-electron chi connectivity index (χ3n) is 1.75. The maximum atomic E-state index is 8.73. The Morgan fingerprint density at radius 1 is 1.17 bits per heavy atom. The zero-order valence-corrected chi connectivity index (χ0v) is 8.30. The smallest absolute Gasteiger partial charge is 0.0607 e. The van der Waals surface area contributed by atoms with Crippen molar-refractivity contribution in [2.45, 2.75) is 33.2 Å². The van der Waals surface area contributed by atoms with Crippen LogP contribution >= 0.6 is 0 Å². The number of rotatable bonds is 5. The van der Waals surface area contributed by atoms with Crippen molar-refractivity contribution in [2.75, 3.05) is 19.8 Å². The Labute approximate surface area is 74.8 Å².